The average molecular weight is 430 g/mol. The number of halogens is 2. The van der Waals surface area contributed by atoms with Crippen molar-refractivity contribution in [3.63, 3.8) is 0 Å². The van der Waals surface area contributed by atoms with Gasteiger partial charge in [0.25, 0.3) is 10.1 Å². The third kappa shape index (κ3) is 6.19. The first kappa shape index (κ1) is 22.2. The molecule has 0 aliphatic heterocycles. The zero-order valence-corrected chi connectivity index (χ0v) is 18.1. The first-order valence-corrected chi connectivity index (χ1v) is 11.2. The minimum atomic E-state index is -3.75. The summed E-state index contributed by atoms with van der Waals surface area (Å²) in [5, 5.41) is 4.00. The quantitative estimate of drug-likeness (QED) is 0.468. The molecular formula is C20H25Cl2NO3S. The molecule has 0 aliphatic carbocycles. The SMILES string of the molecule is CC(C)N[C@@H](c1ccccc1)[C@](C)(Cl)[C@@H](OS(C)(=O)=O)c1ccc(Cl)cc1. The number of alkyl halides is 1. The number of hydrogen-bond donors (Lipinski definition) is 1. The highest BCUT2D eigenvalue weighted by atomic mass is 35.5. The number of rotatable bonds is 8. The van der Waals surface area contributed by atoms with Crippen molar-refractivity contribution in [2.24, 2.45) is 0 Å². The Hall–Kier alpha value is -1.11. The van der Waals surface area contributed by atoms with Gasteiger partial charge in [0.2, 0.25) is 0 Å². The molecule has 0 bridgehead atoms. The van der Waals surface area contributed by atoms with E-state index in [4.69, 9.17) is 27.4 Å². The summed E-state index contributed by atoms with van der Waals surface area (Å²) in [5.74, 6) is 0. The van der Waals surface area contributed by atoms with Crippen LogP contribution >= 0.6 is 23.2 Å². The van der Waals surface area contributed by atoms with Gasteiger partial charge in [0.1, 0.15) is 6.10 Å². The molecule has 148 valence electrons. The standard InChI is InChI=1S/C20H25Cl2NO3S/c1-14(2)23-18(15-8-6-5-7-9-15)20(3,22)19(26-27(4,24)25)16-10-12-17(21)13-11-16/h5-14,18-19,23H,1-4H3/t18-,19-,20-/m0/s1. The Labute approximate surface area is 172 Å². The van der Waals surface area contributed by atoms with E-state index in [1.807, 2.05) is 44.2 Å². The van der Waals surface area contributed by atoms with E-state index in [0.29, 0.717) is 10.6 Å². The first-order valence-electron chi connectivity index (χ1n) is 8.64. The Bertz CT molecular complexity index is 837. The molecule has 0 aliphatic rings. The largest absolute Gasteiger partial charge is 0.306 e. The van der Waals surface area contributed by atoms with Gasteiger partial charge in [0.15, 0.2) is 0 Å². The van der Waals surface area contributed by atoms with E-state index < -0.39 is 21.1 Å². The van der Waals surface area contributed by atoms with E-state index in [1.54, 1.807) is 31.2 Å². The molecule has 1 N–H and O–H groups in total. The van der Waals surface area contributed by atoms with Crippen LogP contribution in [0.3, 0.4) is 0 Å². The molecule has 2 aromatic rings. The smallest absolute Gasteiger partial charge is 0.265 e. The third-order valence-corrected chi connectivity index (χ3v) is 5.36. The van der Waals surface area contributed by atoms with Crippen LogP contribution in [0.5, 0.6) is 0 Å². The monoisotopic (exact) mass is 429 g/mol. The van der Waals surface area contributed by atoms with E-state index in [0.717, 1.165) is 11.8 Å². The fraction of sp³-hybridized carbons (Fsp3) is 0.400. The predicted molar refractivity (Wildman–Crippen MR) is 112 cm³/mol. The van der Waals surface area contributed by atoms with E-state index in [-0.39, 0.29) is 12.1 Å². The molecule has 0 amide bonds. The fourth-order valence-corrected chi connectivity index (χ4v) is 4.20. The third-order valence-electron chi connectivity index (χ3n) is 4.15. The molecule has 2 rings (SSSR count). The first-order chi connectivity index (χ1) is 12.5. The summed E-state index contributed by atoms with van der Waals surface area (Å²) in [6, 6.07) is 16.3. The molecule has 0 saturated carbocycles. The van der Waals surface area contributed by atoms with Crippen LogP contribution in [-0.4, -0.2) is 25.6 Å². The summed E-state index contributed by atoms with van der Waals surface area (Å²) in [6.07, 6.45) is 0.110. The summed E-state index contributed by atoms with van der Waals surface area (Å²) in [4.78, 5) is -1.11. The van der Waals surface area contributed by atoms with Crippen LogP contribution in [-0.2, 0) is 14.3 Å². The lowest BCUT2D eigenvalue weighted by molar-refractivity contribution is 0.141. The maximum absolute atomic E-state index is 12.0. The van der Waals surface area contributed by atoms with E-state index in [9.17, 15) is 8.42 Å². The Morgan fingerprint density at radius 3 is 2.04 bits per heavy atom. The van der Waals surface area contributed by atoms with Crippen molar-refractivity contribution in [1.29, 1.82) is 0 Å². The van der Waals surface area contributed by atoms with Crippen LogP contribution in [0.2, 0.25) is 5.02 Å². The zero-order chi connectivity index (χ0) is 20.2. The molecule has 27 heavy (non-hydrogen) atoms. The zero-order valence-electron chi connectivity index (χ0n) is 15.8. The van der Waals surface area contributed by atoms with Crippen LogP contribution in [0.25, 0.3) is 0 Å². The van der Waals surface area contributed by atoms with Gasteiger partial charge in [-0.25, -0.2) is 0 Å². The lowest BCUT2D eigenvalue weighted by Gasteiger charge is -2.40. The molecule has 0 radical (unpaired) electrons. The minimum Gasteiger partial charge on any atom is -0.306 e. The Morgan fingerprint density at radius 2 is 1.56 bits per heavy atom. The molecule has 0 heterocycles. The van der Waals surface area contributed by atoms with Gasteiger partial charge in [-0.2, -0.15) is 8.42 Å². The summed E-state index contributed by atoms with van der Waals surface area (Å²) >= 11 is 13.0. The molecule has 0 saturated heterocycles. The highest BCUT2D eigenvalue weighted by molar-refractivity contribution is 7.86. The molecule has 0 spiro atoms. The maximum atomic E-state index is 12.0. The minimum absolute atomic E-state index is 0.123. The van der Waals surface area contributed by atoms with Gasteiger partial charge in [0, 0.05) is 11.1 Å². The highest BCUT2D eigenvalue weighted by Gasteiger charge is 2.44. The Balaban J connectivity index is 2.55. The van der Waals surface area contributed by atoms with Crippen molar-refractivity contribution < 1.29 is 12.6 Å². The van der Waals surface area contributed by atoms with E-state index in [1.165, 1.54) is 0 Å². The fourth-order valence-electron chi connectivity index (χ4n) is 3.00. The van der Waals surface area contributed by atoms with Gasteiger partial charge in [-0.05, 0) is 30.2 Å². The van der Waals surface area contributed by atoms with Crippen molar-refractivity contribution in [1.82, 2.24) is 5.32 Å². The lowest BCUT2D eigenvalue weighted by atomic mass is 9.85. The van der Waals surface area contributed by atoms with Crippen molar-refractivity contribution in [2.75, 3.05) is 6.26 Å². The van der Waals surface area contributed by atoms with Crippen LogP contribution in [0.4, 0.5) is 0 Å². The van der Waals surface area contributed by atoms with Crippen molar-refractivity contribution in [2.45, 2.75) is 43.8 Å². The van der Waals surface area contributed by atoms with Crippen LogP contribution in [0, 0.1) is 0 Å². The van der Waals surface area contributed by atoms with Gasteiger partial charge < -0.3 is 5.32 Å². The number of hydrogen-bond acceptors (Lipinski definition) is 4. The van der Waals surface area contributed by atoms with Gasteiger partial charge in [-0.1, -0.05) is 67.9 Å². The topological polar surface area (TPSA) is 55.4 Å². The molecule has 2 aromatic carbocycles. The predicted octanol–water partition coefficient (Wildman–Crippen LogP) is 5.09. The average Bonchev–Trinajstić information content (AvgIpc) is 2.58. The summed E-state index contributed by atoms with van der Waals surface area (Å²) in [5.41, 5.74) is 1.58. The van der Waals surface area contributed by atoms with Gasteiger partial charge in [0.05, 0.1) is 17.2 Å². The molecule has 0 aromatic heterocycles. The second-order valence-electron chi connectivity index (χ2n) is 7.05. The van der Waals surface area contributed by atoms with Crippen molar-refractivity contribution in [3.8, 4) is 0 Å². The summed E-state index contributed by atoms with van der Waals surface area (Å²) in [7, 11) is -3.75. The number of benzene rings is 2. The second-order valence-corrected chi connectivity index (χ2v) is 9.90. The van der Waals surface area contributed by atoms with E-state index in [2.05, 4.69) is 5.32 Å². The highest BCUT2D eigenvalue weighted by Crippen LogP contribution is 2.45. The Kier molecular flexibility index (Phi) is 7.33. The van der Waals surface area contributed by atoms with Crippen molar-refractivity contribution >= 4 is 33.3 Å². The lowest BCUT2D eigenvalue weighted by Crippen LogP contribution is -2.45. The summed E-state index contributed by atoms with van der Waals surface area (Å²) in [6.45, 7) is 5.81. The summed E-state index contributed by atoms with van der Waals surface area (Å²) < 4.78 is 29.4. The molecule has 7 heteroatoms. The van der Waals surface area contributed by atoms with Crippen LogP contribution in [0.15, 0.2) is 54.6 Å². The van der Waals surface area contributed by atoms with Gasteiger partial charge in [-0.15, -0.1) is 11.6 Å². The molecular weight excluding hydrogens is 405 g/mol. The van der Waals surface area contributed by atoms with E-state index >= 15 is 0 Å². The molecule has 4 nitrogen and oxygen atoms in total. The van der Waals surface area contributed by atoms with Gasteiger partial charge in [-0.3, -0.25) is 4.18 Å². The van der Waals surface area contributed by atoms with Crippen LogP contribution in [0.1, 0.15) is 44.0 Å². The van der Waals surface area contributed by atoms with Crippen molar-refractivity contribution in [3.05, 3.63) is 70.7 Å². The Morgan fingerprint density at radius 1 is 1.00 bits per heavy atom. The normalized spacial score (nSPS) is 16.7. The molecule has 0 fully saturated rings. The maximum Gasteiger partial charge on any atom is 0.265 e. The number of nitrogens with one attached hydrogen (secondary N) is 1. The van der Waals surface area contributed by atoms with Crippen LogP contribution < -0.4 is 5.32 Å². The second kappa shape index (κ2) is 8.93. The van der Waals surface area contributed by atoms with Gasteiger partial charge >= 0.3 is 0 Å². The molecule has 0 unspecified atom stereocenters. The molecule has 3 atom stereocenters.